The van der Waals surface area contributed by atoms with E-state index >= 15 is 0 Å². The van der Waals surface area contributed by atoms with E-state index in [4.69, 9.17) is 5.63 Å². The average Bonchev–Trinajstić information content (AvgIpc) is 2.64. The van der Waals surface area contributed by atoms with Crippen LogP contribution in [0.4, 0.5) is 4.79 Å². The van der Waals surface area contributed by atoms with Crippen molar-refractivity contribution in [3.63, 3.8) is 0 Å². The second kappa shape index (κ2) is 8.70. The molecule has 0 unspecified atom stereocenters. The van der Waals surface area contributed by atoms with Crippen molar-refractivity contribution >= 4 is 32.1 Å². The first-order valence-corrected chi connectivity index (χ1v) is 14.3. The Labute approximate surface area is 170 Å². The average molecular weight is 570 g/mol. The van der Waals surface area contributed by atoms with Gasteiger partial charge in [0.05, 0.1) is 0 Å². The summed E-state index contributed by atoms with van der Waals surface area (Å²) in [6.45, 7) is 10.6. The van der Waals surface area contributed by atoms with Gasteiger partial charge in [0.15, 0.2) is 0 Å². The molecule has 0 saturated carbocycles. The standard InChI is InChI=1S/C18H29N4.CH2O3.Bi/c1-19-6-10-21(11-7-19)15-17-4-3-5-18(14-17)16-22-12-8-20(2)9-13-22;2-1(3)4;/h3-5H,6-13,15-16H2,1-2H3;(H2,2,3,4);/q;;+2/p-2. The normalized spacial score (nSPS) is 23.7. The van der Waals surface area contributed by atoms with E-state index in [9.17, 15) is 4.79 Å². The molecule has 0 bridgehead atoms. The minimum absolute atomic E-state index is 0.479. The van der Waals surface area contributed by atoms with Crippen LogP contribution in [0.1, 0.15) is 11.1 Å². The van der Waals surface area contributed by atoms with Crippen LogP contribution in [0.25, 0.3) is 0 Å². The zero-order chi connectivity index (χ0) is 18.8. The number of piperazine rings is 2. The van der Waals surface area contributed by atoms with Gasteiger partial charge >= 0.3 is 171 Å². The summed E-state index contributed by atoms with van der Waals surface area (Å²) >= 11 is -2.80. The number of rotatable bonds is 5. The van der Waals surface area contributed by atoms with E-state index in [1.807, 2.05) is 0 Å². The molecule has 1 aromatic rings. The van der Waals surface area contributed by atoms with Gasteiger partial charge in [0.2, 0.25) is 0 Å². The summed E-state index contributed by atoms with van der Waals surface area (Å²) in [5.74, 6) is 0. The van der Waals surface area contributed by atoms with E-state index in [1.165, 1.54) is 14.4 Å². The molecule has 0 N–H and O–H groups in total. The number of benzene rings is 1. The van der Waals surface area contributed by atoms with Crippen LogP contribution in [0.3, 0.4) is 0 Å². The molecule has 0 amide bonds. The van der Waals surface area contributed by atoms with Crippen LogP contribution in [-0.4, -0.2) is 115 Å². The summed E-state index contributed by atoms with van der Waals surface area (Å²) in [4.78, 5) is 21.1. The van der Waals surface area contributed by atoms with E-state index < -0.39 is 28.8 Å². The van der Waals surface area contributed by atoms with Crippen LogP contribution >= 0.6 is 0 Å². The first kappa shape index (κ1) is 19.5. The van der Waals surface area contributed by atoms with Crippen LogP contribution in [0.2, 0.25) is 0 Å². The molecule has 0 spiro atoms. The maximum absolute atomic E-state index is 11.3. The molecule has 7 nitrogen and oxygen atoms in total. The second-order valence-electron chi connectivity index (χ2n) is 7.77. The van der Waals surface area contributed by atoms with Gasteiger partial charge in [-0.05, 0) is 0 Å². The molecular weight excluding hydrogens is 541 g/mol. The number of hydrogen-bond donors (Lipinski definition) is 0. The van der Waals surface area contributed by atoms with Crippen molar-refractivity contribution in [2.75, 3.05) is 66.5 Å². The Morgan fingerprint density at radius 2 is 1.26 bits per heavy atom. The third kappa shape index (κ3) is 4.80. The van der Waals surface area contributed by atoms with Gasteiger partial charge in [-0.3, -0.25) is 0 Å². The van der Waals surface area contributed by atoms with Gasteiger partial charge in [0.1, 0.15) is 0 Å². The van der Waals surface area contributed by atoms with Crippen molar-refractivity contribution < 1.29 is 10.4 Å². The van der Waals surface area contributed by atoms with Gasteiger partial charge in [-0.1, -0.05) is 0 Å². The van der Waals surface area contributed by atoms with Crippen molar-refractivity contribution in [3.8, 4) is 0 Å². The molecule has 8 heteroatoms. The zero-order valence-corrected chi connectivity index (χ0v) is 19.7. The van der Waals surface area contributed by atoms with Gasteiger partial charge in [-0.2, -0.15) is 0 Å². The summed E-state index contributed by atoms with van der Waals surface area (Å²) in [5, 5.41) is 0. The van der Waals surface area contributed by atoms with Gasteiger partial charge < -0.3 is 0 Å². The third-order valence-corrected chi connectivity index (χ3v) is 11.8. The van der Waals surface area contributed by atoms with Crippen LogP contribution in [-0.2, 0) is 18.7 Å². The van der Waals surface area contributed by atoms with Crippen molar-refractivity contribution in [2.24, 2.45) is 0 Å². The van der Waals surface area contributed by atoms with Crippen LogP contribution in [0.5, 0.6) is 0 Å². The predicted molar refractivity (Wildman–Crippen MR) is 105 cm³/mol. The molecule has 0 atom stereocenters. The number of carbonyl (C=O) groups is 1. The summed E-state index contributed by atoms with van der Waals surface area (Å²) in [7, 11) is 4.36. The topological polar surface area (TPSA) is 48.5 Å². The molecule has 3 fully saturated rings. The van der Waals surface area contributed by atoms with E-state index in [0.29, 0.717) is 0 Å². The van der Waals surface area contributed by atoms with Gasteiger partial charge in [0, 0.05) is 0 Å². The van der Waals surface area contributed by atoms with E-state index in [1.54, 1.807) is 0 Å². The molecular formula is C19H29BiN4O3. The van der Waals surface area contributed by atoms with Gasteiger partial charge in [0.25, 0.3) is 0 Å². The minimum atomic E-state index is -2.80. The molecule has 3 heterocycles. The SMILES string of the molecule is CN1CCN(Cc2cccc(CN3CCN(C)CC3)[c]2[Bi]2[O]C(=O)[O]2)CC1. The fraction of sp³-hybridized carbons (Fsp3) is 0.632. The van der Waals surface area contributed by atoms with Gasteiger partial charge in [-0.15, -0.1) is 0 Å². The zero-order valence-electron chi connectivity index (χ0n) is 16.3. The molecule has 3 aliphatic heterocycles. The molecule has 0 aliphatic carbocycles. The van der Waals surface area contributed by atoms with Crippen LogP contribution in [0.15, 0.2) is 18.2 Å². The number of likely N-dealkylation sites (N-methyl/N-ethyl adjacent to an activating group) is 2. The van der Waals surface area contributed by atoms with Crippen molar-refractivity contribution in [2.45, 2.75) is 13.1 Å². The first-order valence-electron chi connectivity index (χ1n) is 9.71. The Morgan fingerprint density at radius 1 is 0.815 bits per heavy atom. The molecule has 0 radical (unpaired) electrons. The fourth-order valence-corrected chi connectivity index (χ4v) is 8.63. The first-order chi connectivity index (χ1) is 13.1. The summed E-state index contributed by atoms with van der Waals surface area (Å²) in [5.41, 5.74) is 2.60. The number of hydrogen-bond acceptors (Lipinski definition) is 7. The third-order valence-electron chi connectivity index (χ3n) is 5.68. The fourth-order valence-electron chi connectivity index (χ4n) is 3.86. The Hall–Kier alpha value is -0.787. The van der Waals surface area contributed by atoms with E-state index in [-0.39, 0.29) is 0 Å². The molecule has 4 rings (SSSR count). The molecule has 0 aromatic heterocycles. The van der Waals surface area contributed by atoms with E-state index in [0.717, 1.165) is 65.4 Å². The van der Waals surface area contributed by atoms with Crippen molar-refractivity contribution in [1.82, 2.24) is 19.6 Å². The Bertz CT molecular complexity index is 623. The second-order valence-corrected chi connectivity index (χ2v) is 12.9. The summed E-state index contributed by atoms with van der Waals surface area (Å²) in [6, 6.07) is 6.56. The maximum atomic E-state index is 11.3. The number of nitrogens with zero attached hydrogens (tertiary/aromatic N) is 4. The van der Waals surface area contributed by atoms with Crippen molar-refractivity contribution in [1.29, 1.82) is 0 Å². The van der Waals surface area contributed by atoms with Crippen LogP contribution < -0.4 is 3.27 Å². The quantitative estimate of drug-likeness (QED) is 0.464. The molecule has 3 aliphatic rings. The Kier molecular flexibility index (Phi) is 6.29. The molecule has 148 valence electrons. The van der Waals surface area contributed by atoms with E-state index in [2.05, 4.69) is 51.9 Å². The Balaban J connectivity index is 1.52. The Morgan fingerprint density at radius 3 is 1.67 bits per heavy atom. The molecule has 1 aromatic carbocycles. The number of carbonyl (C=O) groups excluding carboxylic acids is 1. The molecule has 27 heavy (non-hydrogen) atoms. The van der Waals surface area contributed by atoms with Crippen molar-refractivity contribution in [3.05, 3.63) is 29.3 Å². The van der Waals surface area contributed by atoms with Gasteiger partial charge in [-0.25, -0.2) is 0 Å². The summed E-state index contributed by atoms with van der Waals surface area (Å²) < 4.78 is 12.3. The molecule has 3 saturated heterocycles. The van der Waals surface area contributed by atoms with Crippen LogP contribution in [0, 0.1) is 0 Å². The monoisotopic (exact) mass is 570 g/mol. The predicted octanol–water partition coefficient (Wildman–Crippen LogP) is 0.0434. The summed E-state index contributed by atoms with van der Waals surface area (Å²) in [6.07, 6.45) is -0.479.